The number of fused-ring (bicyclic) bond motifs is 4. The first-order valence-electron chi connectivity index (χ1n) is 24.6. The quantitative estimate of drug-likeness (QED) is 0.0858. The van der Waals surface area contributed by atoms with Gasteiger partial charge in [-0.3, -0.25) is 0 Å². The molecule has 2 heterocycles. The smallest absolute Gasteiger partial charge is 0.150 e. The number of hydrogen-bond acceptors (Lipinski definition) is 2. The number of allylic oxidation sites excluding steroid dienone is 16. The molecule has 0 N–H and O–H groups in total. The second-order valence-corrected chi connectivity index (χ2v) is 18.7. The average molecular weight is 916 g/mol. The molecule has 7 aromatic rings. The van der Waals surface area contributed by atoms with Crippen molar-refractivity contribution in [1.82, 2.24) is 0 Å². The molecule has 3 aliphatic carbocycles. The molecule has 0 fully saturated rings. The second-order valence-electron chi connectivity index (χ2n) is 18.7. The van der Waals surface area contributed by atoms with Crippen molar-refractivity contribution in [1.29, 1.82) is 0 Å². The molecule has 4 aliphatic rings. The van der Waals surface area contributed by atoms with Crippen LogP contribution in [0.25, 0.3) is 67.1 Å². The predicted octanol–water partition coefficient (Wildman–Crippen LogP) is 18.0. The Morgan fingerprint density at radius 2 is 1.41 bits per heavy atom. The van der Waals surface area contributed by atoms with Crippen molar-refractivity contribution in [3.63, 3.8) is 0 Å². The van der Waals surface area contributed by atoms with Crippen LogP contribution in [-0.2, 0) is 0 Å². The lowest BCUT2D eigenvalue weighted by molar-refractivity contribution is 0.541. The maximum Gasteiger partial charge on any atom is 0.150 e. The van der Waals surface area contributed by atoms with Crippen molar-refractivity contribution < 1.29 is 4.42 Å². The van der Waals surface area contributed by atoms with Crippen LogP contribution < -0.4 is 4.90 Å². The standard InChI is InChI=1S/C67H55NO.C2H2/c1-45-29-31-49(32-30-45)20-17-28-64-48(4)63-44-53(50-21-8-5-9-22-50)37-40-58(67(63)69-64)54-34-33-52-42-56(43-54)68(41-16-6-7-18-46(52)2)55-38-35-51(36-39-55)65-59-24-12-14-26-61(59)66(57-23-11-10-19-47(57)3)62-27-15-13-25-60(62)65;1-2/h5-19,21-29,31-39,42-45,52H,2,20,30,41H2,1,3-4H3;1-2H/b16-6-,18-7-,28-17-;. The van der Waals surface area contributed by atoms with Gasteiger partial charge in [0.25, 0.3) is 0 Å². The Morgan fingerprint density at radius 3 is 2.11 bits per heavy atom. The van der Waals surface area contributed by atoms with E-state index in [0.717, 1.165) is 74.7 Å². The van der Waals surface area contributed by atoms with E-state index in [2.05, 4.69) is 269 Å². The van der Waals surface area contributed by atoms with Crippen molar-refractivity contribution in [3.8, 4) is 35.1 Å². The molecule has 11 rings (SSSR count). The van der Waals surface area contributed by atoms with Gasteiger partial charge in [0.2, 0.25) is 0 Å². The molecule has 2 heteroatoms. The Balaban J connectivity index is 0.00000287. The van der Waals surface area contributed by atoms with Crippen molar-refractivity contribution >= 4 is 50.5 Å². The molecule has 0 radical (unpaired) electrons. The Labute approximate surface area is 419 Å². The first-order valence-corrected chi connectivity index (χ1v) is 24.6. The van der Waals surface area contributed by atoms with Gasteiger partial charge < -0.3 is 9.32 Å². The summed E-state index contributed by atoms with van der Waals surface area (Å²) in [5, 5.41) is 5.01. The highest BCUT2D eigenvalue weighted by Crippen LogP contribution is 2.45. The number of terminal acetylenes is 1. The van der Waals surface area contributed by atoms with Crippen LogP contribution in [0.2, 0.25) is 0 Å². The lowest BCUT2D eigenvalue weighted by Crippen LogP contribution is -2.22. The summed E-state index contributed by atoms with van der Waals surface area (Å²) < 4.78 is 6.97. The molecule has 2 bridgehead atoms. The lowest BCUT2D eigenvalue weighted by Gasteiger charge is -2.27. The van der Waals surface area contributed by atoms with Crippen LogP contribution >= 0.6 is 0 Å². The monoisotopic (exact) mass is 915 g/mol. The minimum absolute atomic E-state index is 0.0291. The van der Waals surface area contributed by atoms with Crippen LogP contribution in [0.5, 0.6) is 0 Å². The van der Waals surface area contributed by atoms with Gasteiger partial charge in [0.05, 0.1) is 5.57 Å². The fourth-order valence-electron chi connectivity index (χ4n) is 10.3. The van der Waals surface area contributed by atoms with E-state index in [9.17, 15) is 0 Å². The van der Waals surface area contributed by atoms with Gasteiger partial charge in [-0.05, 0) is 152 Å². The van der Waals surface area contributed by atoms with Crippen molar-refractivity contribution in [3.05, 3.63) is 275 Å². The zero-order valence-corrected chi connectivity index (χ0v) is 40.8. The Hall–Kier alpha value is -8.60. The zero-order chi connectivity index (χ0) is 48.8. The summed E-state index contributed by atoms with van der Waals surface area (Å²) in [5.41, 5.74) is 20.9. The predicted molar refractivity (Wildman–Crippen MR) is 304 cm³/mol. The number of anilines is 1. The number of benzene rings is 6. The molecule has 2 nitrogen and oxygen atoms in total. The summed E-state index contributed by atoms with van der Waals surface area (Å²) in [6.45, 7) is 11.9. The Kier molecular flexibility index (Phi) is 13.4. The summed E-state index contributed by atoms with van der Waals surface area (Å²) in [7, 11) is 0. The fraction of sp³-hybridized carbons (Fsp3) is 0.116. The molecule has 2 atom stereocenters. The van der Waals surface area contributed by atoms with Gasteiger partial charge in [-0.15, -0.1) is 18.6 Å². The molecular formula is C69H57NO. The Morgan fingerprint density at radius 1 is 0.718 bits per heavy atom. The van der Waals surface area contributed by atoms with E-state index in [1.807, 2.05) is 0 Å². The van der Waals surface area contributed by atoms with Crippen LogP contribution in [-0.4, -0.2) is 6.54 Å². The average Bonchev–Trinajstić information content (AvgIpc) is 3.53. The maximum absolute atomic E-state index is 6.97. The van der Waals surface area contributed by atoms with Crippen LogP contribution in [0, 0.1) is 38.5 Å². The molecule has 1 aromatic heterocycles. The topological polar surface area (TPSA) is 16.4 Å². The first-order chi connectivity index (χ1) is 34.9. The van der Waals surface area contributed by atoms with E-state index in [-0.39, 0.29) is 5.92 Å². The summed E-state index contributed by atoms with van der Waals surface area (Å²) in [4.78, 5) is 2.41. The minimum atomic E-state index is -0.0291. The van der Waals surface area contributed by atoms with Gasteiger partial charge in [0, 0.05) is 35.0 Å². The molecule has 0 amide bonds. The molecule has 6 aromatic carbocycles. The minimum Gasteiger partial charge on any atom is -0.455 e. The van der Waals surface area contributed by atoms with Crippen molar-refractivity contribution in [2.75, 3.05) is 11.4 Å². The molecule has 0 spiro atoms. The molecular weight excluding hydrogens is 859 g/mol. The first kappa shape index (κ1) is 46.1. The summed E-state index contributed by atoms with van der Waals surface area (Å²) >= 11 is 0. The van der Waals surface area contributed by atoms with Crippen LogP contribution in [0.15, 0.2) is 246 Å². The number of nitrogens with zero attached hydrogens (tertiary/aromatic N) is 1. The van der Waals surface area contributed by atoms with Crippen molar-refractivity contribution in [2.45, 2.75) is 33.6 Å². The van der Waals surface area contributed by atoms with E-state index < -0.39 is 0 Å². The normalized spacial score (nSPS) is 18.3. The van der Waals surface area contributed by atoms with E-state index >= 15 is 0 Å². The van der Waals surface area contributed by atoms with Crippen LogP contribution in [0.1, 0.15) is 53.5 Å². The molecule has 1 aliphatic heterocycles. The summed E-state index contributed by atoms with van der Waals surface area (Å²) in [6.07, 6.45) is 43.4. The third-order valence-electron chi connectivity index (χ3n) is 14.1. The molecule has 0 saturated carbocycles. The maximum atomic E-state index is 6.97. The molecule has 344 valence electrons. The van der Waals surface area contributed by atoms with Gasteiger partial charge in [0.15, 0.2) is 5.76 Å². The van der Waals surface area contributed by atoms with Gasteiger partial charge in [-0.25, -0.2) is 0 Å². The van der Waals surface area contributed by atoms with E-state index in [0.29, 0.717) is 12.5 Å². The highest BCUT2D eigenvalue weighted by molar-refractivity contribution is 6.21. The lowest BCUT2D eigenvalue weighted by atomic mass is 9.85. The van der Waals surface area contributed by atoms with E-state index in [4.69, 9.17) is 4.42 Å². The zero-order valence-electron chi connectivity index (χ0n) is 40.8. The highest BCUT2D eigenvalue weighted by atomic mass is 16.3. The molecule has 0 saturated heterocycles. The number of aryl methyl sites for hydroxylation is 1. The van der Waals surface area contributed by atoms with Gasteiger partial charge in [-0.1, -0.05) is 190 Å². The third-order valence-corrected chi connectivity index (χ3v) is 14.1. The number of hydrogen-bond donors (Lipinski definition) is 0. The number of rotatable bonds is 8. The van der Waals surface area contributed by atoms with Crippen molar-refractivity contribution in [2.24, 2.45) is 11.8 Å². The third kappa shape index (κ3) is 9.33. The molecule has 2 unspecified atom stereocenters. The Bertz CT molecular complexity index is 3540. The second kappa shape index (κ2) is 20.6. The summed E-state index contributed by atoms with van der Waals surface area (Å²) in [5.74, 6) is 2.25. The largest absolute Gasteiger partial charge is 0.455 e. The van der Waals surface area contributed by atoms with Crippen LogP contribution in [0.4, 0.5) is 5.69 Å². The van der Waals surface area contributed by atoms with Gasteiger partial charge in [-0.2, -0.15) is 0 Å². The number of furan rings is 1. The molecule has 71 heavy (non-hydrogen) atoms. The van der Waals surface area contributed by atoms with E-state index in [1.54, 1.807) is 0 Å². The van der Waals surface area contributed by atoms with Gasteiger partial charge in [0.1, 0.15) is 5.76 Å². The van der Waals surface area contributed by atoms with E-state index in [1.165, 1.54) is 54.9 Å². The fourth-order valence-corrected chi connectivity index (χ4v) is 10.3. The van der Waals surface area contributed by atoms with Crippen LogP contribution in [0.3, 0.4) is 0 Å². The SMILES string of the molecule is C#C.C=C1/C=C\C=C/CN(c2ccc(-c3c4ccccc4c(-c4ccccc4C)c4ccccc34)cc2)C2=CC1C=CC(C1=C=CC(c3ccccc3)=Cc3c1oc(/C=C\CC1=CCC(C)C=C1)c3C)=C2. The van der Waals surface area contributed by atoms with Gasteiger partial charge >= 0.3 is 0 Å². The summed E-state index contributed by atoms with van der Waals surface area (Å²) in [6, 6.07) is 46.3. The highest BCUT2D eigenvalue weighted by Gasteiger charge is 2.25.